The molecule has 152 valence electrons. The summed E-state index contributed by atoms with van der Waals surface area (Å²) in [6.45, 7) is 2.73. The number of halogens is 1. The first-order valence-electron chi connectivity index (χ1n) is 10.5. The van der Waals surface area contributed by atoms with Gasteiger partial charge in [0.2, 0.25) is 5.91 Å². The summed E-state index contributed by atoms with van der Waals surface area (Å²) in [6.07, 6.45) is 6.75. The molecule has 3 aromatic rings. The van der Waals surface area contributed by atoms with Gasteiger partial charge < -0.3 is 10.3 Å². The van der Waals surface area contributed by atoms with E-state index >= 15 is 0 Å². The standard InChI is InChI=1S/C24H28ClN3O/c25-21-11-3-1-10-20(21)23(28-14-5-6-15-28)17-27-24(29)13-7-8-18-16-26-22-12-4-2-9-19(18)22/h1-4,9-12,16,23,26H,5-8,13-15,17H2,(H,27,29)/t23-/m0/s1. The molecule has 0 bridgehead atoms. The Morgan fingerprint density at radius 2 is 1.86 bits per heavy atom. The summed E-state index contributed by atoms with van der Waals surface area (Å²) in [5.74, 6) is 0.112. The van der Waals surface area contributed by atoms with Crippen molar-refractivity contribution in [3.63, 3.8) is 0 Å². The third-order valence-corrected chi connectivity index (χ3v) is 6.21. The van der Waals surface area contributed by atoms with Crippen LogP contribution in [0, 0.1) is 0 Å². The van der Waals surface area contributed by atoms with Gasteiger partial charge in [-0.25, -0.2) is 0 Å². The number of aryl methyl sites for hydroxylation is 1. The summed E-state index contributed by atoms with van der Waals surface area (Å²) in [5, 5.41) is 5.18. The van der Waals surface area contributed by atoms with Crippen molar-refractivity contribution in [3.8, 4) is 0 Å². The first kappa shape index (κ1) is 20.0. The van der Waals surface area contributed by atoms with Crippen LogP contribution in [0.4, 0.5) is 0 Å². The molecule has 1 aliphatic rings. The summed E-state index contributed by atoms with van der Waals surface area (Å²) in [5.41, 5.74) is 3.54. The minimum absolute atomic E-state index is 0.112. The van der Waals surface area contributed by atoms with Gasteiger partial charge in [-0.3, -0.25) is 9.69 Å². The predicted octanol–water partition coefficient (Wildman–Crippen LogP) is 5.10. The molecule has 1 fully saturated rings. The molecule has 1 aromatic heterocycles. The number of aromatic amines is 1. The lowest BCUT2D eigenvalue weighted by Crippen LogP contribution is -2.36. The molecule has 4 nitrogen and oxygen atoms in total. The van der Waals surface area contributed by atoms with Crippen LogP contribution in [0.2, 0.25) is 5.02 Å². The molecule has 0 aliphatic carbocycles. The molecule has 2 N–H and O–H groups in total. The zero-order valence-electron chi connectivity index (χ0n) is 16.7. The number of para-hydroxylation sites is 1. The van der Waals surface area contributed by atoms with Gasteiger partial charge in [-0.1, -0.05) is 48.0 Å². The predicted molar refractivity (Wildman–Crippen MR) is 119 cm³/mol. The van der Waals surface area contributed by atoms with Crippen molar-refractivity contribution in [2.24, 2.45) is 0 Å². The van der Waals surface area contributed by atoms with E-state index in [9.17, 15) is 4.79 Å². The van der Waals surface area contributed by atoms with Gasteiger partial charge in [0.05, 0.1) is 6.04 Å². The first-order chi connectivity index (χ1) is 14.2. The maximum atomic E-state index is 12.5. The van der Waals surface area contributed by atoms with Gasteiger partial charge in [-0.05, 0) is 62.0 Å². The van der Waals surface area contributed by atoms with Crippen molar-refractivity contribution < 1.29 is 4.79 Å². The molecule has 1 saturated heterocycles. The van der Waals surface area contributed by atoms with Crippen molar-refractivity contribution >= 4 is 28.4 Å². The maximum Gasteiger partial charge on any atom is 0.220 e. The molecule has 0 unspecified atom stereocenters. The minimum atomic E-state index is 0.112. The molecule has 1 amide bonds. The van der Waals surface area contributed by atoms with E-state index in [0.717, 1.165) is 42.0 Å². The molecular weight excluding hydrogens is 382 g/mol. The van der Waals surface area contributed by atoms with E-state index in [1.165, 1.54) is 23.8 Å². The van der Waals surface area contributed by atoms with Crippen LogP contribution in [0.5, 0.6) is 0 Å². The quantitative estimate of drug-likeness (QED) is 0.543. The summed E-state index contributed by atoms with van der Waals surface area (Å²) >= 11 is 6.46. The average molecular weight is 410 g/mol. The van der Waals surface area contributed by atoms with Crippen LogP contribution < -0.4 is 5.32 Å². The van der Waals surface area contributed by atoms with Gasteiger partial charge in [0, 0.05) is 35.1 Å². The number of amides is 1. The van der Waals surface area contributed by atoms with E-state index in [-0.39, 0.29) is 11.9 Å². The van der Waals surface area contributed by atoms with Gasteiger partial charge in [0.15, 0.2) is 0 Å². The van der Waals surface area contributed by atoms with E-state index in [1.807, 2.05) is 24.3 Å². The Labute approximate surface area is 177 Å². The topological polar surface area (TPSA) is 48.1 Å². The zero-order valence-corrected chi connectivity index (χ0v) is 17.4. The Balaban J connectivity index is 1.31. The molecule has 1 atom stereocenters. The fourth-order valence-electron chi connectivity index (χ4n) is 4.31. The zero-order chi connectivity index (χ0) is 20.1. The highest BCUT2D eigenvalue weighted by Gasteiger charge is 2.25. The number of carbonyl (C=O) groups excluding carboxylic acids is 1. The van der Waals surface area contributed by atoms with Crippen LogP contribution in [-0.4, -0.2) is 35.4 Å². The second-order valence-electron chi connectivity index (χ2n) is 7.80. The van der Waals surface area contributed by atoms with E-state index in [2.05, 4.69) is 45.7 Å². The molecule has 0 saturated carbocycles. The molecule has 0 spiro atoms. The first-order valence-corrected chi connectivity index (χ1v) is 10.9. The second kappa shape index (κ2) is 9.47. The number of benzene rings is 2. The summed E-state index contributed by atoms with van der Waals surface area (Å²) < 4.78 is 0. The van der Waals surface area contributed by atoms with E-state index in [1.54, 1.807) is 0 Å². The molecule has 29 heavy (non-hydrogen) atoms. The Hall–Kier alpha value is -2.30. The highest BCUT2D eigenvalue weighted by molar-refractivity contribution is 6.31. The monoisotopic (exact) mass is 409 g/mol. The molecule has 2 heterocycles. The number of rotatable bonds is 8. The third-order valence-electron chi connectivity index (χ3n) is 5.86. The fraction of sp³-hybridized carbons (Fsp3) is 0.375. The number of aromatic nitrogens is 1. The summed E-state index contributed by atoms with van der Waals surface area (Å²) in [4.78, 5) is 18.2. The minimum Gasteiger partial charge on any atom is -0.361 e. The highest BCUT2D eigenvalue weighted by atomic mass is 35.5. The lowest BCUT2D eigenvalue weighted by atomic mass is 10.0. The average Bonchev–Trinajstić information content (AvgIpc) is 3.40. The van der Waals surface area contributed by atoms with Crippen LogP contribution in [0.15, 0.2) is 54.7 Å². The normalized spacial score (nSPS) is 15.6. The Bertz CT molecular complexity index is 961. The van der Waals surface area contributed by atoms with Crippen LogP contribution in [-0.2, 0) is 11.2 Å². The Morgan fingerprint density at radius 1 is 1.10 bits per heavy atom. The number of hydrogen-bond donors (Lipinski definition) is 2. The van der Waals surface area contributed by atoms with E-state index in [0.29, 0.717) is 13.0 Å². The number of hydrogen-bond acceptors (Lipinski definition) is 2. The smallest absolute Gasteiger partial charge is 0.220 e. The van der Waals surface area contributed by atoms with Gasteiger partial charge in [-0.15, -0.1) is 0 Å². The lowest BCUT2D eigenvalue weighted by Gasteiger charge is -2.29. The molecule has 1 aliphatic heterocycles. The number of nitrogens with one attached hydrogen (secondary N) is 2. The largest absolute Gasteiger partial charge is 0.361 e. The molecule has 5 heteroatoms. The second-order valence-corrected chi connectivity index (χ2v) is 8.20. The van der Waals surface area contributed by atoms with Crippen LogP contribution in [0.25, 0.3) is 10.9 Å². The van der Waals surface area contributed by atoms with Crippen molar-refractivity contribution in [1.29, 1.82) is 0 Å². The molecule has 2 aromatic carbocycles. The van der Waals surface area contributed by atoms with Gasteiger partial charge >= 0.3 is 0 Å². The third kappa shape index (κ3) is 4.82. The van der Waals surface area contributed by atoms with Crippen LogP contribution >= 0.6 is 11.6 Å². The molecule has 0 radical (unpaired) electrons. The molecule has 4 rings (SSSR count). The Kier molecular flexibility index (Phi) is 6.53. The number of nitrogens with zero attached hydrogens (tertiary/aromatic N) is 1. The molecular formula is C24H28ClN3O. The van der Waals surface area contributed by atoms with Crippen molar-refractivity contribution in [1.82, 2.24) is 15.2 Å². The lowest BCUT2D eigenvalue weighted by molar-refractivity contribution is -0.121. The Morgan fingerprint density at radius 3 is 2.69 bits per heavy atom. The van der Waals surface area contributed by atoms with Gasteiger partial charge in [-0.2, -0.15) is 0 Å². The number of carbonyl (C=O) groups is 1. The number of likely N-dealkylation sites (tertiary alicyclic amines) is 1. The van der Waals surface area contributed by atoms with Crippen LogP contribution in [0.1, 0.15) is 42.9 Å². The SMILES string of the molecule is O=C(CCCc1c[nH]c2ccccc12)NC[C@@H](c1ccccc1Cl)N1CCCC1. The number of H-pyrrole nitrogens is 1. The van der Waals surface area contributed by atoms with Crippen molar-refractivity contribution in [2.45, 2.75) is 38.1 Å². The van der Waals surface area contributed by atoms with E-state index < -0.39 is 0 Å². The number of fused-ring (bicyclic) bond motifs is 1. The van der Waals surface area contributed by atoms with Gasteiger partial charge in [0.25, 0.3) is 0 Å². The van der Waals surface area contributed by atoms with Crippen molar-refractivity contribution in [2.75, 3.05) is 19.6 Å². The highest BCUT2D eigenvalue weighted by Crippen LogP contribution is 2.29. The maximum absolute atomic E-state index is 12.5. The van der Waals surface area contributed by atoms with Gasteiger partial charge in [0.1, 0.15) is 0 Å². The van der Waals surface area contributed by atoms with Crippen molar-refractivity contribution in [3.05, 3.63) is 70.9 Å². The van der Waals surface area contributed by atoms with E-state index in [4.69, 9.17) is 11.6 Å². The fourth-order valence-corrected chi connectivity index (χ4v) is 4.57. The van der Waals surface area contributed by atoms with Crippen LogP contribution in [0.3, 0.4) is 0 Å². The summed E-state index contributed by atoms with van der Waals surface area (Å²) in [6, 6.07) is 16.4. The summed E-state index contributed by atoms with van der Waals surface area (Å²) in [7, 11) is 0.